The molecule has 0 radical (unpaired) electrons. The van der Waals surface area contributed by atoms with E-state index < -0.39 is 11.5 Å². The van der Waals surface area contributed by atoms with Crippen molar-refractivity contribution in [2.45, 2.75) is 82.7 Å². The zero-order valence-corrected chi connectivity index (χ0v) is 27.8. The molecule has 3 aliphatic rings. The number of nitrogens with one attached hydrogen (secondary N) is 3. The molecular formula is C40H42N4O5. The van der Waals surface area contributed by atoms with Crippen molar-refractivity contribution in [2.24, 2.45) is 0 Å². The summed E-state index contributed by atoms with van der Waals surface area (Å²) in [5.41, 5.74) is 5.79. The number of hydrogen-bond acceptors (Lipinski definition) is 5. The molecule has 1 aliphatic heterocycles. The quantitative estimate of drug-likeness (QED) is 0.133. The number of fused-ring (bicyclic) bond motifs is 5. The summed E-state index contributed by atoms with van der Waals surface area (Å²) in [7, 11) is 0. The van der Waals surface area contributed by atoms with Crippen LogP contribution in [0.4, 0.5) is 11.4 Å². The summed E-state index contributed by atoms with van der Waals surface area (Å²) in [4.78, 5) is 52.6. The van der Waals surface area contributed by atoms with E-state index in [9.17, 15) is 19.2 Å². The van der Waals surface area contributed by atoms with E-state index in [4.69, 9.17) is 4.74 Å². The van der Waals surface area contributed by atoms with Crippen LogP contribution in [0.5, 0.6) is 0 Å². The molecule has 0 saturated heterocycles. The van der Waals surface area contributed by atoms with E-state index in [2.05, 4.69) is 26.6 Å². The molecule has 1 aromatic heterocycles. The Balaban J connectivity index is 1.17. The fourth-order valence-corrected chi connectivity index (χ4v) is 7.87. The topological polar surface area (TPSA) is 119 Å². The number of aromatic nitrogens is 1. The summed E-state index contributed by atoms with van der Waals surface area (Å²) in [5.74, 6) is -0.699. The molecule has 0 unspecified atom stereocenters. The SMILES string of the molecule is CCOC(=O)/C=C/c1ccc(NC(=O)C2(NC(=O)c3ccc4c(C5CCCCC5)c5n(c4c3)CC(=O)Nc3ccccc3-5)CCCC2)cc1. The highest BCUT2D eigenvalue weighted by Gasteiger charge is 2.43. The number of anilines is 2. The van der Waals surface area contributed by atoms with Crippen LogP contribution in [0.3, 0.4) is 0 Å². The summed E-state index contributed by atoms with van der Waals surface area (Å²) in [6, 6.07) is 20.9. The van der Waals surface area contributed by atoms with Crippen LogP contribution in [-0.4, -0.2) is 40.4 Å². The molecule has 3 N–H and O–H groups in total. The molecule has 2 aliphatic carbocycles. The Hall–Kier alpha value is -5.18. The maximum absolute atomic E-state index is 14.0. The Morgan fingerprint density at radius 3 is 2.47 bits per heavy atom. The molecule has 2 saturated carbocycles. The molecule has 3 aromatic carbocycles. The van der Waals surface area contributed by atoms with E-state index in [1.54, 1.807) is 37.3 Å². The highest BCUT2D eigenvalue weighted by Crippen LogP contribution is 2.46. The number of carbonyl (C=O) groups excluding carboxylic acids is 4. The minimum Gasteiger partial charge on any atom is -0.463 e. The van der Waals surface area contributed by atoms with E-state index in [0.29, 0.717) is 36.6 Å². The number of hydrogen-bond donors (Lipinski definition) is 3. The van der Waals surface area contributed by atoms with Crippen molar-refractivity contribution >= 4 is 52.0 Å². The Morgan fingerprint density at radius 2 is 1.71 bits per heavy atom. The smallest absolute Gasteiger partial charge is 0.330 e. The van der Waals surface area contributed by atoms with Crippen LogP contribution < -0.4 is 16.0 Å². The van der Waals surface area contributed by atoms with Gasteiger partial charge in [-0.2, -0.15) is 0 Å². The highest BCUT2D eigenvalue weighted by atomic mass is 16.5. The van der Waals surface area contributed by atoms with Gasteiger partial charge >= 0.3 is 5.97 Å². The number of nitrogens with zero attached hydrogens (tertiary/aromatic N) is 1. The number of benzene rings is 3. The molecule has 0 bridgehead atoms. The zero-order chi connectivity index (χ0) is 34.0. The molecule has 9 heteroatoms. The van der Waals surface area contributed by atoms with Gasteiger partial charge in [0.15, 0.2) is 0 Å². The largest absolute Gasteiger partial charge is 0.463 e. The van der Waals surface area contributed by atoms with Gasteiger partial charge in [0, 0.05) is 28.3 Å². The normalized spacial score (nSPS) is 17.2. The van der Waals surface area contributed by atoms with E-state index >= 15 is 0 Å². The number of para-hydroxylation sites is 1. The fraction of sp³-hybridized carbons (Fsp3) is 0.350. The second-order valence-electron chi connectivity index (χ2n) is 13.4. The summed E-state index contributed by atoms with van der Waals surface area (Å²) in [6.07, 6.45) is 11.6. The van der Waals surface area contributed by atoms with Gasteiger partial charge in [0.2, 0.25) is 11.8 Å². The average Bonchev–Trinajstić information content (AvgIpc) is 3.68. The van der Waals surface area contributed by atoms with Crippen molar-refractivity contribution in [3.05, 3.63) is 89.5 Å². The van der Waals surface area contributed by atoms with Crippen molar-refractivity contribution in [3.63, 3.8) is 0 Å². The van der Waals surface area contributed by atoms with Crippen molar-refractivity contribution in [1.82, 2.24) is 9.88 Å². The summed E-state index contributed by atoms with van der Waals surface area (Å²) < 4.78 is 7.02. The van der Waals surface area contributed by atoms with Crippen LogP contribution >= 0.6 is 0 Å². The predicted octanol–water partition coefficient (Wildman–Crippen LogP) is 7.57. The average molecular weight is 659 g/mol. The molecule has 49 heavy (non-hydrogen) atoms. The van der Waals surface area contributed by atoms with Gasteiger partial charge in [-0.15, -0.1) is 0 Å². The lowest BCUT2D eigenvalue weighted by Gasteiger charge is -2.29. The minimum absolute atomic E-state index is 0.0993. The summed E-state index contributed by atoms with van der Waals surface area (Å²) >= 11 is 0. The van der Waals surface area contributed by atoms with Gasteiger partial charge in [-0.3, -0.25) is 14.4 Å². The van der Waals surface area contributed by atoms with Crippen molar-refractivity contribution in [3.8, 4) is 11.3 Å². The maximum Gasteiger partial charge on any atom is 0.330 e. The lowest BCUT2D eigenvalue weighted by molar-refractivity contribution is -0.137. The second kappa shape index (κ2) is 13.7. The third-order valence-electron chi connectivity index (χ3n) is 10.2. The Bertz CT molecular complexity index is 1950. The molecule has 9 nitrogen and oxygen atoms in total. The van der Waals surface area contributed by atoms with Crippen LogP contribution in [0.2, 0.25) is 0 Å². The Morgan fingerprint density at radius 1 is 0.959 bits per heavy atom. The van der Waals surface area contributed by atoms with E-state index in [-0.39, 0.29) is 24.3 Å². The van der Waals surface area contributed by atoms with Crippen LogP contribution in [0.1, 0.15) is 92.1 Å². The third-order valence-corrected chi connectivity index (χ3v) is 10.2. The van der Waals surface area contributed by atoms with Gasteiger partial charge in [-0.1, -0.05) is 68.5 Å². The first-order valence-corrected chi connectivity index (χ1v) is 17.5. The summed E-state index contributed by atoms with van der Waals surface area (Å²) in [6.45, 7) is 2.22. The Labute approximate surface area is 286 Å². The van der Waals surface area contributed by atoms with Crippen molar-refractivity contribution < 1.29 is 23.9 Å². The predicted molar refractivity (Wildman–Crippen MR) is 191 cm³/mol. The first-order chi connectivity index (χ1) is 23.8. The molecule has 0 atom stereocenters. The first kappa shape index (κ1) is 32.4. The minimum atomic E-state index is -1.04. The van der Waals surface area contributed by atoms with Crippen molar-refractivity contribution in [1.29, 1.82) is 0 Å². The standard InChI is InChI=1S/C40H42N4O5/c1-2-49-35(46)21-16-26-14-18-29(19-15-26)41-39(48)40(22-8-9-23-40)43-38(47)28-17-20-31-33(24-28)44-25-34(45)42-32-13-7-6-12-30(32)37(44)36(31)27-10-4-3-5-11-27/h6-7,12-21,24,27H,2-5,8-11,22-23,25H2,1H3,(H,41,48)(H,42,45)(H,43,47)/b21-16+. The van der Waals surface area contributed by atoms with E-state index in [1.807, 2.05) is 36.4 Å². The number of ether oxygens (including phenoxy) is 1. The molecule has 2 heterocycles. The van der Waals surface area contributed by atoms with Crippen LogP contribution in [0, 0.1) is 0 Å². The number of carbonyl (C=O) groups is 4. The van der Waals surface area contributed by atoms with Crippen LogP contribution in [-0.2, 0) is 25.7 Å². The molecule has 7 rings (SSSR count). The molecule has 4 aromatic rings. The first-order valence-electron chi connectivity index (χ1n) is 17.5. The van der Waals surface area contributed by atoms with Gasteiger partial charge in [-0.05, 0) is 86.1 Å². The van der Waals surface area contributed by atoms with E-state index in [1.165, 1.54) is 30.9 Å². The van der Waals surface area contributed by atoms with Gasteiger partial charge < -0.3 is 25.3 Å². The summed E-state index contributed by atoms with van der Waals surface area (Å²) in [5, 5.41) is 10.3. The highest BCUT2D eigenvalue weighted by molar-refractivity contribution is 6.07. The van der Waals surface area contributed by atoms with E-state index in [0.717, 1.165) is 59.1 Å². The van der Waals surface area contributed by atoms with Crippen LogP contribution in [0.15, 0.2) is 72.8 Å². The molecule has 3 amide bonds. The number of esters is 1. The third kappa shape index (κ3) is 6.49. The van der Waals surface area contributed by atoms with Crippen LogP contribution in [0.25, 0.3) is 28.2 Å². The monoisotopic (exact) mass is 658 g/mol. The number of amides is 3. The second-order valence-corrected chi connectivity index (χ2v) is 13.4. The fourth-order valence-electron chi connectivity index (χ4n) is 7.87. The van der Waals surface area contributed by atoms with Gasteiger partial charge in [-0.25, -0.2) is 4.79 Å². The molecule has 252 valence electrons. The van der Waals surface area contributed by atoms with Gasteiger partial charge in [0.05, 0.1) is 23.5 Å². The molecule has 2 fully saturated rings. The molecule has 0 spiro atoms. The Kier molecular flexibility index (Phi) is 9.08. The van der Waals surface area contributed by atoms with Gasteiger partial charge in [0.25, 0.3) is 5.91 Å². The van der Waals surface area contributed by atoms with Crippen molar-refractivity contribution in [2.75, 3.05) is 17.2 Å². The zero-order valence-electron chi connectivity index (χ0n) is 27.8. The lowest BCUT2D eigenvalue weighted by Crippen LogP contribution is -2.55. The maximum atomic E-state index is 14.0. The van der Waals surface area contributed by atoms with Gasteiger partial charge in [0.1, 0.15) is 12.1 Å². The molecular weight excluding hydrogens is 616 g/mol. The number of rotatable bonds is 8. The lowest BCUT2D eigenvalue weighted by atomic mass is 9.81.